The van der Waals surface area contributed by atoms with Gasteiger partial charge in [-0.3, -0.25) is 5.10 Å². The third-order valence-corrected chi connectivity index (χ3v) is 3.55. The van der Waals surface area contributed by atoms with Crippen LogP contribution in [0.2, 0.25) is 0 Å². The van der Waals surface area contributed by atoms with Gasteiger partial charge in [-0.1, -0.05) is 0 Å². The van der Waals surface area contributed by atoms with Gasteiger partial charge in [-0.05, 0) is 19.9 Å². The number of nitrogens with zero attached hydrogens (tertiary/aromatic N) is 2. The van der Waals surface area contributed by atoms with E-state index >= 15 is 0 Å². The van der Waals surface area contributed by atoms with Gasteiger partial charge in [-0.15, -0.1) is 0 Å². The molecule has 1 saturated heterocycles. The van der Waals surface area contributed by atoms with Crippen molar-refractivity contribution in [3.63, 3.8) is 0 Å². The Labute approximate surface area is 111 Å². The molecule has 0 bridgehead atoms. The fourth-order valence-electron chi connectivity index (χ4n) is 2.37. The highest BCUT2D eigenvalue weighted by Crippen LogP contribution is 2.23. The number of nitrogens with one attached hydrogen (secondary N) is 2. The zero-order chi connectivity index (χ0) is 13.2. The first kappa shape index (κ1) is 12.4. The molecule has 6 heteroatoms. The van der Waals surface area contributed by atoms with Crippen LogP contribution < -0.4 is 5.32 Å². The molecule has 3 heterocycles. The average molecular weight is 262 g/mol. The summed E-state index contributed by atoms with van der Waals surface area (Å²) in [6, 6.07) is 2.23. The molecule has 0 amide bonds. The zero-order valence-electron chi connectivity index (χ0n) is 11.1. The topological polar surface area (TPSA) is 76.0 Å². The maximum atomic E-state index is 5.55. The molecule has 3 rings (SSSR count). The number of furan rings is 1. The summed E-state index contributed by atoms with van der Waals surface area (Å²) in [5.41, 5.74) is 1.18. The minimum absolute atomic E-state index is 0.206. The van der Waals surface area contributed by atoms with E-state index in [9.17, 15) is 0 Å². The van der Waals surface area contributed by atoms with Crippen molar-refractivity contribution in [2.24, 2.45) is 0 Å². The molecule has 0 aliphatic carbocycles. The number of rotatable bonds is 4. The van der Waals surface area contributed by atoms with Gasteiger partial charge in [-0.2, -0.15) is 5.10 Å². The Hall–Kier alpha value is -1.66. The third kappa shape index (κ3) is 2.54. The van der Waals surface area contributed by atoms with Gasteiger partial charge in [0.1, 0.15) is 11.6 Å². The molecule has 2 atom stereocenters. The molecule has 2 aromatic rings. The number of aryl methyl sites for hydroxylation is 2. The molecule has 6 nitrogen and oxygen atoms in total. The van der Waals surface area contributed by atoms with Crippen LogP contribution in [0.15, 0.2) is 16.7 Å². The second-order valence-electron chi connectivity index (χ2n) is 4.91. The lowest BCUT2D eigenvalue weighted by Crippen LogP contribution is -2.34. The highest BCUT2D eigenvalue weighted by atomic mass is 16.5. The Morgan fingerprint density at radius 3 is 3.00 bits per heavy atom. The van der Waals surface area contributed by atoms with Crippen molar-refractivity contribution in [2.45, 2.75) is 32.4 Å². The lowest BCUT2D eigenvalue weighted by molar-refractivity contribution is 0.187. The van der Waals surface area contributed by atoms with Crippen LogP contribution in [0.5, 0.6) is 0 Å². The first-order valence-electron chi connectivity index (χ1n) is 6.47. The number of ether oxygens (including phenoxy) is 1. The quantitative estimate of drug-likeness (QED) is 0.868. The van der Waals surface area contributed by atoms with Crippen molar-refractivity contribution in [1.29, 1.82) is 0 Å². The fourth-order valence-corrected chi connectivity index (χ4v) is 2.37. The van der Waals surface area contributed by atoms with E-state index in [0.717, 1.165) is 24.0 Å². The summed E-state index contributed by atoms with van der Waals surface area (Å²) in [6.07, 6.45) is 1.72. The number of aromatic amines is 1. The van der Waals surface area contributed by atoms with Crippen molar-refractivity contribution in [2.75, 3.05) is 13.2 Å². The molecule has 1 fully saturated rings. The summed E-state index contributed by atoms with van der Waals surface area (Å²) in [4.78, 5) is 4.40. The van der Waals surface area contributed by atoms with E-state index in [1.165, 1.54) is 5.56 Å². The molecule has 1 aliphatic rings. The minimum atomic E-state index is 0.206. The molecule has 0 aromatic carbocycles. The highest BCUT2D eigenvalue weighted by Gasteiger charge is 2.32. The summed E-state index contributed by atoms with van der Waals surface area (Å²) in [5, 5.41) is 10.6. The summed E-state index contributed by atoms with van der Waals surface area (Å²) < 4.78 is 10.8. The van der Waals surface area contributed by atoms with Crippen LogP contribution in [0.3, 0.4) is 0 Å². The number of hydrogen-bond acceptors (Lipinski definition) is 5. The van der Waals surface area contributed by atoms with Gasteiger partial charge in [0.2, 0.25) is 0 Å². The van der Waals surface area contributed by atoms with Crippen molar-refractivity contribution in [3.05, 3.63) is 35.3 Å². The molecular weight excluding hydrogens is 244 g/mol. The van der Waals surface area contributed by atoms with Gasteiger partial charge in [-0.25, -0.2) is 4.98 Å². The molecule has 0 unspecified atom stereocenters. The second kappa shape index (κ2) is 5.14. The van der Waals surface area contributed by atoms with Crippen molar-refractivity contribution < 1.29 is 9.15 Å². The number of hydrogen-bond donors (Lipinski definition) is 2. The second-order valence-corrected chi connectivity index (χ2v) is 4.91. The molecule has 102 valence electrons. The monoisotopic (exact) mass is 262 g/mol. The molecular formula is C13H18N4O2. The molecule has 0 radical (unpaired) electrons. The molecule has 2 aromatic heterocycles. The zero-order valence-corrected chi connectivity index (χ0v) is 11.1. The predicted molar refractivity (Wildman–Crippen MR) is 68.8 cm³/mol. The summed E-state index contributed by atoms with van der Waals surface area (Å²) in [7, 11) is 0. The van der Waals surface area contributed by atoms with E-state index < -0.39 is 0 Å². The Kier molecular flexibility index (Phi) is 3.35. The van der Waals surface area contributed by atoms with Crippen LogP contribution in [-0.4, -0.2) is 34.4 Å². The SMILES string of the molecule is Cc1nc([C@@H]2COC[C@@H]2NCc2ccoc2C)n[nH]1. The van der Waals surface area contributed by atoms with E-state index in [4.69, 9.17) is 9.15 Å². The van der Waals surface area contributed by atoms with Crippen molar-refractivity contribution in [1.82, 2.24) is 20.5 Å². The van der Waals surface area contributed by atoms with Crippen molar-refractivity contribution in [3.8, 4) is 0 Å². The van der Waals surface area contributed by atoms with Gasteiger partial charge >= 0.3 is 0 Å². The lowest BCUT2D eigenvalue weighted by Gasteiger charge is -2.16. The standard InChI is InChI=1S/C13H18N4O2/c1-8-10(3-4-19-8)5-14-12-7-18-6-11(12)13-15-9(2)16-17-13/h3-4,11-12,14H,5-7H2,1-2H3,(H,15,16,17)/t11-,12+/m1/s1. The summed E-state index contributed by atoms with van der Waals surface area (Å²) in [5.74, 6) is 2.83. The first-order valence-corrected chi connectivity index (χ1v) is 6.47. The van der Waals surface area contributed by atoms with Crippen molar-refractivity contribution >= 4 is 0 Å². The maximum absolute atomic E-state index is 5.55. The van der Waals surface area contributed by atoms with Crippen LogP contribution in [-0.2, 0) is 11.3 Å². The van der Waals surface area contributed by atoms with E-state index in [-0.39, 0.29) is 12.0 Å². The van der Waals surface area contributed by atoms with Crippen LogP contribution >= 0.6 is 0 Å². The van der Waals surface area contributed by atoms with E-state index in [0.29, 0.717) is 13.2 Å². The molecule has 0 spiro atoms. The van der Waals surface area contributed by atoms with E-state index in [1.807, 2.05) is 19.9 Å². The Morgan fingerprint density at radius 1 is 1.42 bits per heavy atom. The summed E-state index contributed by atoms with van der Waals surface area (Å²) in [6.45, 7) is 6.01. The van der Waals surface area contributed by atoms with Gasteiger partial charge < -0.3 is 14.5 Å². The number of aromatic nitrogens is 3. The van der Waals surface area contributed by atoms with E-state index in [2.05, 4.69) is 20.5 Å². The normalized spacial score (nSPS) is 23.1. The minimum Gasteiger partial charge on any atom is -0.469 e. The van der Waals surface area contributed by atoms with Gasteiger partial charge in [0.15, 0.2) is 5.82 Å². The molecule has 2 N–H and O–H groups in total. The summed E-state index contributed by atoms with van der Waals surface area (Å²) >= 11 is 0. The Balaban J connectivity index is 1.65. The van der Waals surface area contributed by atoms with Gasteiger partial charge in [0.25, 0.3) is 0 Å². The lowest BCUT2D eigenvalue weighted by atomic mass is 10.0. The first-order chi connectivity index (χ1) is 9.24. The average Bonchev–Trinajstić information content (AvgIpc) is 3.07. The molecule has 0 saturated carbocycles. The molecule has 19 heavy (non-hydrogen) atoms. The largest absolute Gasteiger partial charge is 0.469 e. The van der Waals surface area contributed by atoms with Crippen LogP contribution in [0, 0.1) is 13.8 Å². The smallest absolute Gasteiger partial charge is 0.157 e. The van der Waals surface area contributed by atoms with Gasteiger partial charge in [0, 0.05) is 18.2 Å². The predicted octanol–water partition coefficient (Wildman–Crippen LogP) is 1.29. The fraction of sp³-hybridized carbons (Fsp3) is 0.538. The Morgan fingerprint density at radius 2 is 2.32 bits per heavy atom. The van der Waals surface area contributed by atoms with Crippen LogP contribution in [0.1, 0.15) is 28.9 Å². The maximum Gasteiger partial charge on any atom is 0.157 e. The van der Waals surface area contributed by atoms with Crippen LogP contribution in [0.25, 0.3) is 0 Å². The Bertz CT molecular complexity index is 548. The highest BCUT2D eigenvalue weighted by molar-refractivity contribution is 5.15. The third-order valence-electron chi connectivity index (χ3n) is 3.55. The number of H-pyrrole nitrogens is 1. The van der Waals surface area contributed by atoms with Crippen LogP contribution in [0.4, 0.5) is 0 Å². The molecule has 1 aliphatic heterocycles. The van der Waals surface area contributed by atoms with Gasteiger partial charge in [0.05, 0.1) is 25.4 Å². The van der Waals surface area contributed by atoms with E-state index in [1.54, 1.807) is 6.26 Å².